The molecular formula is C25H22N2O2S. The third-order valence-corrected chi connectivity index (χ3v) is 5.75. The van der Waals surface area contributed by atoms with Crippen LogP contribution >= 0.6 is 11.8 Å². The van der Waals surface area contributed by atoms with Crippen LogP contribution in [0.3, 0.4) is 0 Å². The molecule has 4 aromatic rings. The number of rotatable bonds is 8. The lowest BCUT2D eigenvalue weighted by molar-refractivity contribution is -0.137. The summed E-state index contributed by atoms with van der Waals surface area (Å²) in [5.41, 5.74) is 5.13. The van der Waals surface area contributed by atoms with E-state index < -0.39 is 5.97 Å². The van der Waals surface area contributed by atoms with Crippen molar-refractivity contribution in [1.29, 1.82) is 0 Å². The molecule has 1 heterocycles. The Morgan fingerprint density at radius 2 is 1.40 bits per heavy atom. The second-order valence-corrected chi connectivity index (χ2v) is 7.90. The highest BCUT2D eigenvalue weighted by Crippen LogP contribution is 2.38. The number of nitrogens with zero attached hydrogens (tertiary/aromatic N) is 2. The molecule has 0 saturated carbocycles. The molecule has 0 atom stereocenters. The van der Waals surface area contributed by atoms with Gasteiger partial charge in [0.1, 0.15) is 0 Å². The molecular weight excluding hydrogens is 392 g/mol. The highest BCUT2D eigenvalue weighted by Gasteiger charge is 2.21. The summed E-state index contributed by atoms with van der Waals surface area (Å²) in [7, 11) is 0. The van der Waals surface area contributed by atoms with Crippen LogP contribution in [-0.4, -0.2) is 26.4 Å². The van der Waals surface area contributed by atoms with Gasteiger partial charge >= 0.3 is 5.97 Å². The van der Waals surface area contributed by atoms with Crippen LogP contribution in [0.15, 0.2) is 96.2 Å². The van der Waals surface area contributed by atoms with E-state index in [4.69, 9.17) is 10.1 Å². The molecule has 0 spiro atoms. The molecule has 0 bridgehead atoms. The highest BCUT2D eigenvalue weighted by molar-refractivity contribution is 7.99. The van der Waals surface area contributed by atoms with E-state index in [2.05, 4.69) is 41.0 Å². The van der Waals surface area contributed by atoms with Crippen LogP contribution in [0.5, 0.6) is 0 Å². The van der Waals surface area contributed by atoms with Gasteiger partial charge in [0.25, 0.3) is 0 Å². The molecule has 1 N–H and O–H groups in total. The van der Waals surface area contributed by atoms with Crippen molar-refractivity contribution >= 4 is 17.7 Å². The predicted octanol–water partition coefficient (Wildman–Crippen LogP) is 6.16. The number of carboxylic acids is 1. The average molecular weight is 415 g/mol. The molecule has 0 unspecified atom stereocenters. The molecule has 0 radical (unpaired) electrons. The molecule has 0 aliphatic carbocycles. The number of carboxylic acid groups (broad SMARTS) is 1. The van der Waals surface area contributed by atoms with Crippen molar-refractivity contribution < 1.29 is 9.90 Å². The van der Waals surface area contributed by atoms with E-state index in [1.807, 2.05) is 54.6 Å². The van der Waals surface area contributed by atoms with Gasteiger partial charge in [-0.2, -0.15) is 0 Å². The Morgan fingerprint density at radius 3 is 2.00 bits per heavy atom. The lowest BCUT2D eigenvalue weighted by Crippen LogP contribution is -2.00. The average Bonchev–Trinajstić information content (AvgIpc) is 3.18. The number of benzene rings is 3. The summed E-state index contributed by atoms with van der Waals surface area (Å²) in [5, 5.41) is 9.82. The fourth-order valence-corrected chi connectivity index (χ4v) is 4.31. The van der Waals surface area contributed by atoms with Gasteiger partial charge in [-0.1, -0.05) is 90.6 Å². The smallest absolute Gasteiger partial charge is 0.303 e. The first-order chi connectivity index (χ1) is 14.7. The van der Waals surface area contributed by atoms with Crippen molar-refractivity contribution in [2.24, 2.45) is 0 Å². The summed E-state index contributed by atoms with van der Waals surface area (Å²) < 4.78 is 2.18. The van der Waals surface area contributed by atoms with Gasteiger partial charge in [-0.05, 0) is 18.6 Å². The highest BCUT2D eigenvalue weighted by atomic mass is 32.2. The molecule has 4 rings (SSSR count). The lowest BCUT2D eigenvalue weighted by atomic mass is 10.0. The van der Waals surface area contributed by atoms with E-state index in [0.29, 0.717) is 12.2 Å². The van der Waals surface area contributed by atoms with E-state index in [1.54, 1.807) is 11.8 Å². The predicted molar refractivity (Wildman–Crippen MR) is 122 cm³/mol. The summed E-state index contributed by atoms with van der Waals surface area (Å²) in [6.07, 6.45) is 0.763. The quantitative estimate of drug-likeness (QED) is 0.277. The van der Waals surface area contributed by atoms with E-state index in [9.17, 15) is 4.79 Å². The molecule has 0 aliphatic heterocycles. The number of para-hydroxylation sites is 1. The molecule has 150 valence electrons. The van der Waals surface area contributed by atoms with Crippen LogP contribution in [-0.2, 0) is 4.79 Å². The van der Waals surface area contributed by atoms with E-state index in [0.717, 1.165) is 33.4 Å². The van der Waals surface area contributed by atoms with Crippen LogP contribution < -0.4 is 0 Å². The molecule has 5 heteroatoms. The molecule has 4 nitrogen and oxygen atoms in total. The molecule has 0 saturated heterocycles. The Morgan fingerprint density at radius 1 is 0.833 bits per heavy atom. The number of carbonyl (C=O) groups is 1. The first kappa shape index (κ1) is 20.0. The maximum absolute atomic E-state index is 10.9. The van der Waals surface area contributed by atoms with Crippen LogP contribution in [0.4, 0.5) is 0 Å². The van der Waals surface area contributed by atoms with Gasteiger partial charge < -0.3 is 5.11 Å². The second kappa shape index (κ2) is 9.46. The number of hydrogen-bond donors (Lipinski definition) is 1. The third-order valence-electron chi connectivity index (χ3n) is 4.72. The van der Waals surface area contributed by atoms with Crippen molar-refractivity contribution in [2.45, 2.75) is 18.0 Å². The number of imidazole rings is 1. The maximum atomic E-state index is 10.9. The minimum absolute atomic E-state index is 0.163. The second-order valence-electron chi connectivity index (χ2n) is 6.84. The zero-order valence-electron chi connectivity index (χ0n) is 16.4. The maximum Gasteiger partial charge on any atom is 0.303 e. The SMILES string of the molecule is O=C(O)CCCSc1nc(-c2ccccc2)c(-c2ccccc2)n1-c1ccccc1. The topological polar surface area (TPSA) is 55.1 Å². The lowest BCUT2D eigenvalue weighted by Gasteiger charge is -2.13. The van der Waals surface area contributed by atoms with Gasteiger partial charge in [-0.15, -0.1) is 0 Å². The van der Waals surface area contributed by atoms with Crippen molar-refractivity contribution in [3.8, 4) is 28.2 Å². The Labute approximate surface area is 180 Å². The first-order valence-corrected chi connectivity index (χ1v) is 10.9. The monoisotopic (exact) mass is 414 g/mol. The summed E-state index contributed by atoms with van der Waals surface area (Å²) in [5.74, 6) is -0.0737. The largest absolute Gasteiger partial charge is 0.481 e. The van der Waals surface area contributed by atoms with Gasteiger partial charge in [0, 0.05) is 29.0 Å². The summed E-state index contributed by atoms with van der Waals surface area (Å²) in [6, 6.07) is 30.6. The third kappa shape index (κ3) is 4.47. The van der Waals surface area contributed by atoms with Crippen LogP contribution in [0.25, 0.3) is 28.2 Å². The number of thioether (sulfide) groups is 1. The standard InChI is InChI=1S/C25H22N2O2S/c28-22(29)17-10-18-30-25-26-23(19-11-4-1-5-12-19)24(20-13-6-2-7-14-20)27(25)21-15-8-3-9-16-21/h1-9,11-16H,10,17-18H2,(H,28,29). The van der Waals surface area contributed by atoms with Crippen LogP contribution in [0.2, 0.25) is 0 Å². The fraction of sp³-hybridized carbons (Fsp3) is 0.120. The molecule has 0 amide bonds. The number of hydrogen-bond acceptors (Lipinski definition) is 3. The zero-order valence-corrected chi connectivity index (χ0v) is 17.3. The van der Waals surface area contributed by atoms with Gasteiger partial charge in [0.15, 0.2) is 5.16 Å². The van der Waals surface area contributed by atoms with Gasteiger partial charge in [0.2, 0.25) is 0 Å². The van der Waals surface area contributed by atoms with Gasteiger partial charge in [-0.3, -0.25) is 9.36 Å². The first-order valence-electron chi connectivity index (χ1n) is 9.87. The van der Waals surface area contributed by atoms with Crippen molar-refractivity contribution in [2.75, 3.05) is 5.75 Å². The minimum Gasteiger partial charge on any atom is -0.481 e. The van der Waals surface area contributed by atoms with E-state index in [-0.39, 0.29) is 6.42 Å². The Hall–Kier alpha value is -3.31. The summed E-state index contributed by atoms with van der Waals surface area (Å²) >= 11 is 1.60. The Bertz CT molecular complexity index is 1110. The number of aromatic nitrogens is 2. The van der Waals surface area contributed by atoms with Gasteiger partial charge in [0.05, 0.1) is 11.4 Å². The number of aliphatic carboxylic acids is 1. The fourth-order valence-electron chi connectivity index (χ4n) is 3.36. The Kier molecular flexibility index (Phi) is 6.30. The van der Waals surface area contributed by atoms with Gasteiger partial charge in [-0.25, -0.2) is 4.98 Å². The van der Waals surface area contributed by atoms with Crippen molar-refractivity contribution in [1.82, 2.24) is 9.55 Å². The molecule has 0 aliphatic rings. The molecule has 30 heavy (non-hydrogen) atoms. The molecule has 3 aromatic carbocycles. The van der Waals surface area contributed by atoms with Crippen molar-refractivity contribution in [3.63, 3.8) is 0 Å². The van der Waals surface area contributed by atoms with E-state index in [1.165, 1.54) is 0 Å². The zero-order chi connectivity index (χ0) is 20.8. The van der Waals surface area contributed by atoms with E-state index >= 15 is 0 Å². The summed E-state index contributed by atoms with van der Waals surface area (Å²) in [4.78, 5) is 15.9. The Balaban J connectivity index is 1.87. The molecule has 1 aromatic heterocycles. The normalized spacial score (nSPS) is 10.8. The molecule has 0 fully saturated rings. The van der Waals surface area contributed by atoms with Crippen LogP contribution in [0.1, 0.15) is 12.8 Å². The van der Waals surface area contributed by atoms with Crippen molar-refractivity contribution in [3.05, 3.63) is 91.0 Å². The minimum atomic E-state index is -0.767. The van der Waals surface area contributed by atoms with Crippen LogP contribution in [0, 0.1) is 0 Å². The summed E-state index contributed by atoms with van der Waals surface area (Å²) in [6.45, 7) is 0.